The van der Waals surface area contributed by atoms with Gasteiger partial charge in [0.25, 0.3) is 0 Å². The van der Waals surface area contributed by atoms with Crippen LogP contribution in [0.1, 0.15) is 17.2 Å². The first-order chi connectivity index (χ1) is 7.18. The molecule has 2 N–H and O–H groups in total. The van der Waals surface area contributed by atoms with Crippen molar-refractivity contribution in [1.29, 1.82) is 0 Å². The van der Waals surface area contributed by atoms with Crippen molar-refractivity contribution in [3.05, 3.63) is 29.1 Å². The van der Waals surface area contributed by atoms with Crippen LogP contribution in [-0.2, 0) is 4.74 Å². The lowest BCUT2D eigenvalue weighted by Gasteiger charge is -2.24. The quantitative estimate of drug-likeness (QED) is 0.739. The Morgan fingerprint density at radius 2 is 2.33 bits per heavy atom. The van der Waals surface area contributed by atoms with Gasteiger partial charge in [0.15, 0.2) is 0 Å². The predicted molar refractivity (Wildman–Crippen MR) is 54.4 cm³/mol. The second-order valence-corrected chi connectivity index (χ2v) is 3.73. The normalized spacial score (nSPS) is 21.6. The molecule has 0 aliphatic carbocycles. The number of hydrogen-bond donors (Lipinski definition) is 2. The van der Waals surface area contributed by atoms with Crippen molar-refractivity contribution < 1.29 is 14.2 Å². The highest BCUT2D eigenvalue weighted by atomic mass is 19.1. The van der Waals surface area contributed by atoms with Gasteiger partial charge in [-0.15, -0.1) is 0 Å². The molecule has 1 atom stereocenters. The van der Waals surface area contributed by atoms with Crippen LogP contribution in [0.25, 0.3) is 0 Å². The van der Waals surface area contributed by atoms with Crippen LogP contribution >= 0.6 is 0 Å². The number of aromatic hydroxyl groups is 1. The van der Waals surface area contributed by atoms with Crippen molar-refractivity contribution in [3.8, 4) is 5.75 Å². The summed E-state index contributed by atoms with van der Waals surface area (Å²) in [5, 5.41) is 12.5. The number of rotatable bonds is 1. The molecule has 1 fully saturated rings. The molecule has 1 aromatic rings. The Kier molecular flexibility index (Phi) is 2.88. The standard InChI is InChI=1S/C11H14FNO2/c1-7-4-8(14)5-9(11(7)12)10-6-13-2-3-15-10/h4-5,10,13-14H,2-3,6H2,1H3. The highest BCUT2D eigenvalue weighted by molar-refractivity contribution is 5.36. The number of aryl methyl sites for hydroxylation is 1. The van der Waals surface area contributed by atoms with Crippen LogP contribution in [0.3, 0.4) is 0 Å². The van der Waals surface area contributed by atoms with Crippen molar-refractivity contribution in [2.24, 2.45) is 0 Å². The molecule has 0 bridgehead atoms. The van der Waals surface area contributed by atoms with Gasteiger partial charge in [-0.05, 0) is 24.6 Å². The first kappa shape index (κ1) is 10.4. The molecule has 1 aliphatic rings. The molecule has 1 aromatic carbocycles. The smallest absolute Gasteiger partial charge is 0.132 e. The molecule has 3 nitrogen and oxygen atoms in total. The number of phenolic OH excluding ortho intramolecular Hbond substituents is 1. The minimum atomic E-state index is -0.301. The van der Waals surface area contributed by atoms with E-state index in [9.17, 15) is 9.50 Å². The minimum absolute atomic E-state index is 0.0815. The van der Waals surface area contributed by atoms with E-state index in [0.29, 0.717) is 24.3 Å². The van der Waals surface area contributed by atoms with Crippen molar-refractivity contribution in [2.45, 2.75) is 13.0 Å². The van der Waals surface area contributed by atoms with Gasteiger partial charge in [-0.3, -0.25) is 0 Å². The maximum atomic E-state index is 13.7. The summed E-state index contributed by atoms with van der Waals surface area (Å²) in [7, 11) is 0. The number of ether oxygens (including phenoxy) is 1. The maximum Gasteiger partial charge on any atom is 0.132 e. The number of phenols is 1. The van der Waals surface area contributed by atoms with Crippen molar-refractivity contribution >= 4 is 0 Å². The van der Waals surface area contributed by atoms with Gasteiger partial charge in [0.2, 0.25) is 0 Å². The number of hydrogen-bond acceptors (Lipinski definition) is 3. The van der Waals surface area contributed by atoms with Gasteiger partial charge in [-0.1, -0.05) is 0 Å². The zero-order chi connectivity index (χ0) is 10.8. The molecule has 0 spiro atoms. The van der Waals surface area contributed by atoms with E-state index in [2.05, 4.69) is 5.32 Å². The fourth-order valence-electron chi connectivity index (χ4n) is 1.78. The zero-order valence-corrected chi connectivity index (χ0v) is 8.59. The van der Waals surface area contributed by atoms with Gasteiger partial charge in [0.1, 0.15) is 11.6 Å². The average molecular weight is 211 g/mol. The van der Waals surface area contributed by atoms with Crippen molar-refractivity contribution in [1.82, 2.24) is 5.32 Å². The molecule has 0 amide bonds. The van der Waals surface area contributed by atoms with Gasteiger partial charge in [0.05, 0.1) is 12.7 Å². The van der Waals surface area contributed by atoms with E-state index < -0.39 is 0 Å². The van der Waals surface area contributed by atoms with Crippen LogP contribution in [0, 0.1) is 12.7 Å². The number of halogens is 1. The number of nitrogens with one attached hydrogen (secondary N) is 1. The Hall–Kier alpha value is -1.13. The third-order valence-corrected chi connectivity index (χ3v) is 2.54. The van der Waals surface area contributed by atoms with E-state index in [1.165, 1.54) is 12.1 Å². The first-order valence-corrected chi connectivity index (χ1v) is 5.00. The molecule has 1 saturated heterocycles. The summed E-state index contributed by atoms with van der Waals surface area (Å²) in [5.41, 5.74) is 0.874. The predicted octanol–water partition coefficient (Wildman–Crippen LogP) is 1.50. The Balaban J connectivity index is 2.33. The Labute approximate surface area is 87.9 Å². The summed E-state index contributed by atoms with van der Waals surface area (Å²) in [4.78, 5) is 0. The van der Waals surface area contributed by atoms with Gasteiger partial charge in [-0.2, -0.15) is 0 Å². The fourth-order valence-corrected chi connectivity index (χ4v) is 1.78. The second-order valence-electron chi connectivity index (χ2n) is 3.73. The Bertz CT molecular complexity index is 362. The maximum absolute atomic E-state index is 13.7. The molecule has 0 radical (unpaired) electrons. The number of benzene rings is 1. The lowest BCUT2D eigenvalue weighted by Crippen LogP contribution is -2.33. The third kappa shape index (κ3) is 2.11. The SMILES string of the molecule is Cc1cc(O)cc(C2CNCCO2)c1F. The lowest BCUT2D eigenvalue weighted by molar-refractivity contribution is 0.0253. The second kappa shape index (κ2) is 4.16. The summed E-state index contributed by atoms with van der Waals surface area (Å²) < 4.78 is 19.2. The molecule has 1 unspecified atom stereocenters. The average Bonchev–Trinajstić information content (AvgIpc) is 2.24. The molecule has 15 heavy (non-hydrogen) atoms. The summed E-state index contributed by atoms with van der Waals surface area (Å²) in [6, 6.07) is 2.84. The van der Waals surface area contributed by atoms with Crippen LogP contribution in [0.5, 0.6) is 5.75 Å². The van der Waals surface area contributed by atoms with E-state index >= 15 is 0 Å². The monoisotopic (exact) mass is 211 g/mol. The minimum Gasteiger partial charge on any atom is -0.508 e. The highest BCUT2D eigenvalue weighted by Gasteiger charge is 2.20. The number of morpholine rings is 1. The topological polar surface area (TPSA) is 41.5 Å². The summed E-state index contributed by atoms with van der Waals surface area (Å²) in [6.45, 7) is 3.57. The van der Waals surface area contributed by atoms with Crippen LogP contribution in [0.2, 0.25) is 0 Å². The van der Waals surface area contributed by atoms with Gasteiger partial charge >= 0.3 is 0 Å². The van der Waals surface area contributed by atoms with Crippen molar-refractivity contribution in [3.63, 3.8) is 0 Å². The van der Waals surface area contributed by atoms with Gasteiger partial charge in [0, 0.05) is 18.7 Å². The largest absolute Gasteiger partial charge is 0.508 e. The Morgan fingerprint density at radius 3 is 3.00 bits per heavy atom. The Morgan fingerprint density at radius 1 is 1.53 bits per heavy atom. The van der Waals surface area contributed by atoms with Gasteiger partial charge < -0.3 is 15.2 Å². The third-order valence-electron chi connectivity index (χ3n) is 2.54. The summed E-state index contributed by atoms with van der Waals surface area (Å²) in [5.74, 6) is -0.209. The van der Waals surface area contributed by atoms with Crippen molar-refractivity contribution in [2.75, 3.05) is 19.7 Å². The first-order valence-electron chi connectivity index (χ1n) is 5.00. The molecular weight excluding hydrogens is 197 g/mol. The van der Waals surface area contributed by atoms with Crippen LogP contribution in [0.4, 0.5) is 4.39 Å². The van der Waals surface area contributed by atoms with Crippen LogP contribution in [0.15, 0.2) is 12.1 Å². The molecule has 0 aromatic heterocycles. The zero-order valence-electron chi connectivity index (χ0n) is 8.59. The molecule has 0 saturated carbocycles. The van der Waals surface area contributed by atoms with E-state index in [1.54, 1.807) is 6.92 Å². The summed E-state index contributed by atoms with van der Waals surface area (Å²) in [6.07, 6.45) is -0.301. The highest BCUT2D eigenvalue weighted by Crippen LogP contribution is 2.27. The summed E-state index contributed by atoms with van der Waals surface area (Å²) >= 11 is 0. The molecule has 4 heteroatoms. The molecular formula is C11H14FNO2. The van der Waals surface area contributed by atoms with E-state index in [4.69, 9.17) is 4.74 Å². The van der Waals surface area contributed by atoms with Crippen LogP contribution in [-0.4, -0.2) is 24.8 Å². The van der Waals surface area contributed by atoms with E-state index in [0.717, 1.165) is 6.54 Å². The lowest BCUT2D eigenvalue weighted by atomic mass is 10.0. The molecule has 2 rings (SSSR count). The van der Waals surface area contributed by atoms with E-state index in [-0.39, 0.29) is 17.7 Å². The van der Waals surface area contributed by atoms with Crippen LogP contribution < -0.4 is 5.32 Å². The van der Waals surface area contributed by atoms with E-state index in [1.807, 2.05) is 0 Å². The molecule has 1 heterocycles. The molecule has 82 valence electrons. The fraction of sp³-hybridized carbons (Fsp3) is 0.455. The molecule has 1 aliphatic heterocycles. The van der Waals surface area contributed by atoms with Gasteiger partial charge in [-0.25, -0.2) is 4.39 Å².